The summed E-state index contributed by atoms with van der Waals surface area (Å²) >= 11 is 0. The molecule has 1 heterocycles. The van der Waals surface area contributed by atoms with Crippen molar-refractivity contribution in [3.63, 3.8) is 0 Å². The van der Waals surface area contributed by atoms with Crippen LogP contribution in [0.5, 0.6) is 5.75 Å². The predicted octanol–water partition coefficient (Wildman–Crippen LogP) is 3.45. The summed E-state index contributed by atoms with van der Waals surface area (Å²) in [6, 6.07) is 6.42. The molecular formula is C21H37IN4O. The van der Waals surface area contributed by atoms with Gasteiger partial charge in [-0.15, -0.1) is 24.0 Å². The number of ether oxygens (including phenoxy) is 1. The largest absolute Gasteiger partial charge is 0.496 e. The van der Waals surface area contributed by atoms with E-state index >= 15 is 0 Å². The molecule has 0 saturated carbocycles. The molecule has 1 fully saturated rings. The summed E-state index contributed by atoms with van der Waals surface area (Å²) in [7, 11) is 3.94. The van der Waals surface area contributed by atoms with E-state index in [2.05, 4.69) is 54.6 Å². The molecule has 154 valence electrons. The molecule has 0 aromatic heterocycles. The maximum Gasteiger partial charge on any atom is 0.191 e. The lowest BCUT2D eigenvalue weighted by atomic mass is 9.94. The Morgan fingerprint density at radius 2 is 2.00 bits per heavy atom. The molecule has 0 amide bonds. The lowest BCUT2D eigenvalue weighted by Crippen LogP contribution is -2.38. The highest BCUT2D eigenvalue weighted by molar-refractivity contribution is 14.0. The monoisotopic (exact) mass is 488 g/mol. The van der Waals surface area contributed by atoms with E-state index in [1.807, 2.05) is 0 Å². The average molecular weight is 488 g/mol. The molecule has 2 rings (SSSR count). The van der Waals surface area contributed by atoms with Crippen LogP contribution in [-0.2, 0) is 6.42 Å². The highest BCUT2D eigenvalue weighted by Gasteiger charge is 2.15. The molecule has 0 spiro atoms. The number of hydrogen-bond acceptors (Lipinski definition) is 3. The topological polar surface area (TPSA) is 48.9 Å². The van der Waals surface area contributed by atoms with E-state index in [0.717, 1.165) is 43.7 Å². The highest BCUT2D eigenvalue weighted by atomic mass is 127. The first-order valence-electron chi connectivity index (χ1n) is 9.96. The van der Waals surface area contributed by atoms with Crippen LogP contribution in [0.4, 0.5) is 0 Å². The summed E-state index contributed by atoms with van der Waals surface area (Å²) < 4.78 is 5.41. The van der Waals surface area contributed by atoms with Crippen LogP contribution in [0.25, 0.3) is 0 Å². The fraction of sp³-hybridized carbons (Fsp3) is 0.667. The average Bonchev–Trinajstić information content (AvgIpc) is 2.64. The number of guanidine groups is 1. The van der Waals surface area contributed by atoms with Gasteiger partial charge < -0.3 is 20.3 Å². The van der Waals surface area contributed by atoms with Gasteiger partial charge in [0.2, 0.25) is 0 Å². The van der Waals surface area contributed by atoms with Gasteiger partial charge in [-0.05, 0) is 82.8 Å². The second-order valence-corrected chi connectivity index (χ2v) is 7.28. The summed E-state index contributed by atoms with van der Waals surface area (Å²) in [4.78, 5) is 7.18. The van der Waals surface area contributed by atoms with Gasteiger partial charge in [-0.2, -0.15) is 0 Å². The summed E-state index contributed by atoms with van der Waals surface area (Å²) in [6.45, 7) is 9.30. The number of nitrogens with one attached hydrogen (secondary N) is 2. The second kappa shape index (κ2) is 13.2. The third kappa shape index (κ3) is 8.68. The molecule has 1 aliphatic heterocycles. The summed E-state index contributed by atoms with van der Waals surface area (Å²) in [5, 5.41) is 6.81. The third-order valence-electron chi connectivity index (χ3n) is 5.17. The molecule has 2 N–H and O–H groups in total. The van der Waals surface area contributed by atoms with Gasteiger partial charge in [0, 0.05) is 19.6 Å². The van der Waals surface area contributed by atoms with Crippen molar-refractivity contribution in [1.82, 2.24) is 15.5 Å². The zero-order valence-electron chi connectivity index (χ0n) is 17.4. The van der Waals surface area contributed by atoms with E-state index in [0.29, 0.717) is 0 Å². The lowest BCUT2D eigenvalue weighted by Gasteiger charge is -2.28. The molecule has 0 atom stereocenters. The summed E-state index contributed by atoms with van der Waals surface area (Å²) in [6.07, 6.45) is 4.77. The van der Waals surface area contributed by atoms with Crippen molar-refractivity contribution in [1.29, 1.82) is 0 Å². The first kappa shape index (κ1) is 24.0. The maximum absolute atomic E-state index is 5.41. The predicted molar refractivity (Wildman–Crippen MR) is 126 cm³/mol. The van der Waals surface area contributed by atoms with Crippen LogP contribution < -0.4 is 15.4 Å². The van der Waals surface area contributed by atoms with E-state index < -0.39 is 0 Å². The van der Waals surface area contributed by atoms with Crippen LogP contribution >= 0.6 is 24.0 Å². The number of likely N-dealkylation sites (tertiary alicyclic amines) is 1. The molecule has 1 saturated heterocycles. The van der Waals surface area contributed by atoms with E-state index in [-0.39, 0.29) is 24.0 Å². The van der Waals surface area contributed by atoms with E-state index in [1.165, 1.54) is 43.5 Å². The number of nitrogens with zero attached hydrogens (tertiary/aromatic N) is 2. The van der Waals surface area contributed by atoms with Crippen LogP contribution in [-0.4, -0.2) is 57.7 Å². The van der Waals surface area contributed by atoms with Gasteiger partial charge in [-0.25, -0.2) is 0 Å². The van der Waals surface area contributed by atoms with Crippen molar-refractivity contribution in [3.8, 4) is 5.75 Å². The first-order chi connectivity index (χ1) is 12.6. The zero-order valence-corrected chi connectivity index (χ0v) is 19.7. The Morgan fingerprint density at radius 3 is 2.67 bits per heavy atom. The van der Waals surface area contributed by atoms with Gasteiger partial charge in [0.25, 0.3) is 0 Å². The minimum Gasteiger partial charge on any atom is -0.496 e. The number of aryl methyl sites for hydroxylation is 1. The molecule has 1 aromatic carbocycles. The number of hydrogen-bond donors (Lipinski definition) is 2. The Labute approximate surface area is 182 Å². The van der Waals surface area contributed by atoms with Crippen molar-refractivity contribution in [2.75, 3.05) is 46.9 Å². The molecule has 6 heteroatoms. The van der Waals surface area contributed by atoms with Gasteiger partial charge in [-0.1, -0.05) is 12.1 Å². The van der Waals surface area contributed by atoms with Gasteiger partial charge in [0.05, 0.1) is 7.11 Å². The van der Waals surface area contributed by atoms with E-state index in [4.69, 9.17) is 9.73 Å². The molecule has 0 radical (unpaired) electrons. The summed E-state index contributed by atoms with van der Waals surface area (Å²) in [5.74, 6) is 2.72. The third-order valence-corrected chi connectivity index (χ3v) is 5.17. The number of rotatable bonds is 8. The summed E-state index contributed by atoms with van der Waals surface area (Å²) in [5.41, 5.74) is 2.45. The molecule has 27 heavy (non-hydrogen) atoms. The van der Waals surface area contributed by atoms with Gasteiger partial charge in [0.1, 0.15) is 5.75 Å². The standard InChI is InChI=1S/C21H36N4O.HI/c1-5-22-21(23-12-8-18-10-14-25(3)15-11-18)24-13-9-19-7-6-17(2)20(16-19)26-4;/h6-7,16,18H,5,8-15H2,1-4H3,(H2,22,23,24);1H. The number of aliphatic imine (C=N–C) groups is 1. The normalized spacial score (nSPS) is 15.9. The van der Waals surface area contributed by atoms with Gasteiger partial charge in [-0.3, -0.25) is 4.99 Å². The zero-order chi connectivity index (χ0) is 18.8. The van der Waals surface area contributed by atoms with Crippen LogP contribution in [0.15, 0.2) is 23.2 Å². The maximum atomic E-state index is 5.41. The van der Waals surface area contributed by atoms with Crippen molar-refractivity contribution in [2.24, 2.45) is 10.9 Å². The SMILES string of the molecule is CCNC(=NCCC1CCN(C)CC1)NCCc1ccc(C)c(OC)c1.I. The molecule has 0 aliphatic carbocycles. The Bertz CT molecular complexity index is 571. The minimum absolute atomic E-state index is 0. The van der Waals surface area contributed by atoms with E-state index in [1.54, 1.807) is 7.11 Å². The van der Waals surface area contributed by atoms with Crippen molar-refractivity contribution in [2.45, 2.75) is 39.5 Å². The quantitative estimate of drug-likeness (QED) is 0.335. The van der Waals surface area contributed by atoms with Crippen molar-refractivity contribution in [3.05, 3.63) is 29.3 Å². The fourth-order valence-corrected chi connectivity index (χ4v) is 3.40. The molecule has 5 nitrogen and oxygen atoms in total. The van der Waals surface area contributed by atoms with Crippen molar-refractivity contribution >= 4 is 29.9 Å². The van der Waals surface area contributed by atoms with Crippen LogP contribution in [0.2, 0.25) is 0 Å². The molecule has 0 bridgehead atoms. The number of benzene rings is 1. The Balaban J connectivity index is 0.00000364. The molecule has 1 aromatic rings. The van der Waals surface area contributed by atoms with Gasteiger partial charge >= 0.3 is 0 Å². The fourth-order valence-electron chi connectivity index (χ4n) is 3.40. The Hall–Kier alpha value is -1.02. The van der Waals surface area contributed by atoms with Crippen LogP contribution in [0.1, 0.15) is 37.3 Å². The van der Waals surface area contributed by atoms with Crippen LogP contribution in [0, 0.1) is 12.8 Å². The number of halogens is 1. The van der Waals surface area contributed by atoms with Crippen LogP contribution in [0.3, 0.4) is 0 Å². The molecule has 1 aliphatic rings. The first-order valence-corrected chi connectivity index (χ1v) is 9.96. The molecule has 0 unspecified atom stereocenters. The number of piperidine rings is 1. The Kier molecular flexibility index (Phi) is 11.7. The van der Waals surface area contributed by atoms with Crippen molar-refractivity contribution < 1.29 is 4.74 Å². The smallest absolute Gasteiger partial charge is 0.191 e. The number of methoxy groups -OCH3 is 1. The van der Waals surface area contributed by atoms with E-state index in [9.17, 15) is 0 Å². The highest BCUT2D eigenvalue weighted by Crippen LogP contribution is 2.20. The Morgan fingerprint density at radius 1 is 1.26 bits per heavy atom. The minimum atomic E-state index is 0. The molecular weight excluding hydrogens is 451 g/mol. The lowest BCUT2D eigenvalue weighted by molar-refractivity contribution is 0.214. The second-order valence-electron chi connectivity index (χ2n) is 7.28. The van der Waals surface area contributed by atoms with Gasteiger partial charge in [0.15, 0.2) is 5.96 Å².